The monoisotopic (exact) mass is 230 g/mol. The van der Waals surface area contributed by atoms with Gasteiger partial charge in [-0.15, -0.1) is 0 Å². The molecule has 0 spiro atoms. The van der Waals surface area contributed by atoms with Crippen LogP contribution in [0.4, 0.5) is 0 Å². The van der Waals surface area contributed by atoms with Crippen LogP contribution in [0.1, 0.15) is 6.42 Å². The first-order valence-corrected chi connectivity index (χ1v) is 4.93. The number of ether oxygens (including phenoxy) is 1. The third-order valence-corrected chi connectivity index (χ3v) is 2.16. The van der Waals surface area contributed by atoms with E-state index in [1.165, 1.54) is 0 Å². The molecule has 1 fully saturated rings. The number of carboxylic acid groups (broad SMARTS) is 1. The molecular weight excluding hydrogens is 216 g/mol. The number of carboxylic acids is 1. The minimum absolute atomic E-state index is 0.202. The van der Waals surface area contributed by atoms with Gasteiger partial charge in [0.2, 0.25) is 11.8 Å². The van der Waals surface area contributed by atoms with Gasteiger partial charge in [-0.05, 0) is 6.42 Å². The van der Waals surface area contributed by atoms with E-state index in [-0.39, 0.29) is 18.4 Å². The van der Waals surface area contributed by atoms with E-state index in [1.807, 2.05) is 0 Å². The molecule has 0 aromatic heterocycles. The average Bonchev–Trinajstić information content (AvgIpc) is 2.76. The minimum atomic E-state index is -1.12. The molecule has 1 aliphatic heterocycles. The lowest BCUT2D eigenvalue weighted by molar-refractivity contribution is -0.137. The molecule has 0 aromatic rings. The van der Waals surface area contributed by atoms with Gasteiger partial charge in [-0.3, -0.25) is 14.4 Å². The van der Waals surface area contributed by atoms with Crippen LogP contribution in [-0.2, 0) is 19.1 Å². The third kappa shape index (κ3) is 4.26. The molecule has 7 nitrogen and oxygen atoms in total. The Bertz CT molecular complexity index is 286. The third-order valence-electron chi connectivity index (χ3n) is 2.16. The van der Waals surface area contributed by atoms with E-state index in [1.54, 1.807) is 0 Å². The van der Waals surface area contributed by atoms with Crippen molar-refractivity contribution in [3.63, 3.8) is 0 Å². The highest BCUT2D eigenvalue weighted by Crippen LogP contribution is 2.11. The second kappa shape index (κ2) is 6.06. The summed E-state index contributed by atoms with van der Waals surface area (Å²) in [7, 11) is 0. The lowest BCUT2D eigenvalue weighted by Crippen LogP contribution is -2.41. The van der Waals surface area contributed by atoms with Crippen molar-refractivity contribution in [1.29, 1.82) is 0 Å². The van der Waals surface area contributed by atoms with Crippen LogP contribution >= 0.6 is 0 Å². The summed E-state index contributed by atoms with van der Waals surface area (Å²) in [4.78, 5) is 32.6. The summed E-state index contributed by atoms with van der Waals surface area (Å²) in [5, 5.41) is 12.9. The Kier molecular flexibility index (Phi) is 4.71. The standard InChI is InChI=1S/C9H14N2O5/c12-7(10-4-8(13)14)3-11-9(15)6-1-2-16-5-6/h6H,1-5H2,(H,10,12)(H,11,15)(H,13,14). The maximum atomic E-state index is 11.4. The lowest BCUT2D eigenvalue weighted by Gasteiger charge is -2.08. The van der Waals surface area contributed by atoms with E-state index in [0.717, 1.165) is 0 Å². The predicted octanol–water partition coefficient (Wildman–Crippen LogP) is -1.66. The smallest absolute Gasteiger partial charge is 0.322 e. The van der Waals surface area contributed by atoms with E-state index < -0.39 is 18.4 Å². The minimum Gasteiger partial charge on any atom is -0.480 e. The van der Waals surface area contributed by atoms with Crippen LogP contribution in [0.3, 0.4) is 0 Å². The number of rotatable bonds is 5. The Balaban J connectivity index is 2.15. The largest absolute Gasteiger partial charge is 0.480 e. The molecule has 1 atom stereocenters. The Morgan fingerprint density at radius 1 is 1.25 bits per heavy atom. The second-order valence-corrected chi connectivity index (χ2v) is 3.45. The van der Waals surface area contributed by atoms with Crippen molar-refractivity contribution in [2.45, 2.75) is 6.42 Å². The average molecular weight is 230 g/mol. The van der Waals surface area contributed by atoms with Crippen LogP contribution in [0.5, 0.6) is 0 Å². The van der Waals surface area contributed by atoms with Gasteiger partial charge in [-0.2, -0.15) is 0 Å². The van der Waals surface area contributed by atoms with Crippen LogP contribution in [0.2, 0.25) is 0 Å². The molecular formula is C9H14N2O5. The Hall–Kier alpha value is -1.63. The molecule has 0 aromatic carbocycles. The molecule has 0 saturated carbocycles. The fourth-order valence-electron chi connectivity index (χ4n) is 1.29. The van der Waals surface area contributed by atoms with Crippen molar-refractivity contribution in [2.24, 2.45) is 5.92 Å². The summed E-state index contributed by atoms with van der Waals surface area (Å²) in [5.74, 6) is -2.08. The maximum absolute atomic E-state index is 11.4. The zero-order valence-corrected chi connectivity index (χ0v) is 8.69. The van der Waals surface area contributed by atoms with Gasteiger partial charge in [0.05, 0.1) is 19.1 Å². The number of carbonyl (C=O) groups is 3. The molecule has 1 saturated heterocycles. The molecule has 3 N–H and O–H groups in total. The van der Waals surface area contributed by atoms with E-state index in [9.17, 15) is 14.4 Å². The number of nitrogens with one attached hydrogen (secondary N) is 2. The number of amides is 2. The first-order valence-electron chi connectivity index (χ1n) is 4.93. The van der Waals surface area contributed by atoms with Gasteiger partial charge in [0, 0.05) is 6.61 Å². The highest BCUT2D eigenvalue weighted by atomic mass is 16.5. The summed E-state index contributed by atoms with van der Waals surface area (Å²) in [5.41, 5.74) is 0. The van der Waals surface area contributed by atoms with Crippen molar-refractivity contribution in [1.82, 2.24) is 10.6 Å². The molecule has 0 bridgehead atoms. The summed E-state index contributed by atoms with van der Waals surface area (Å²) in [6.07, 6.45) is 0.655. The van der Waals surface area contributed by atoms with Crippen LogP contribution < -0.4 is 10.6 Å². The zero-order chi connectivity index (χ0) is 12.0. The fraction of sp³-hybridized carbons (Fsp3) is 0.667. The lowest BCUT2D eigenvalue weighted by atomic mass is 10.1. The molecule has 1 rings (SSSR count). The highest BCUT2D eigenvalue weighted by Gasteiger charge is 2.23. The molecule has 1 heterocycles. The molecule has 16 heavy (non-hydrogen) atoms. The van der Waals surface area contributed by atoms with E-state index in [4.69, 9.17) is 9.84 Å². The van der Waals surface area contributed by atoms with Gasteiger partial charge in [-0.25, -0.2) is 0 Å². The summed E-state index contributed by atoms with van der Waals surface area (Å²) in [6.45, 7) is 0.287. The molecule has 0 aliphatic carbocycles. The highest BCUT2D eigenvalue weighted by molar-refractivity contribution is 5.87. The number of hydrogen-bond donors (Lipinski definition) is 3. The Morgan fingerprint density at radius 3 is 2.56 bits per heavy atom. The van der Waals surface area contributed by atoms with Crippen molar-refractivity contribution >= 4 is 17.8 Å². The second-order valence-electron chi connectivity index (χ2n) is 3.45. The predicted molar refractivity (Wildman–Crippen MR) is 52.6 cm³/mol. The zero-order valence-electron chi connectivity index (χ0n) is 8.69. The molecule has 1 aliphatic rings. The van der Waals surface area contributed by atoms with Gasteiger partial charge in [0.15, 0.2) is 0 Å². The molecule has 7 heteroatoms. The van der Waals surface area contributed by atoms with Crippen molar-refractivity contribution in [3.05, 3.63) is 0 Å². The summed E-state index contributed by atoms with van der Waals surface area (Å²) < 4.78 is 5.02. The normalized spacial score (nSPS) is 19.1. The first kappa shape index (κ1) is 12.4. The number of aliphatic carboxylic acids is 1. The fourth-order valence-corrected chi connectivity index (χ4v) is 1.29. The van der Waals surface area contributed by atoms with Crippen molar-refractivity contribution in [2.75, 3.05) is 26.3 Å². The molecule has 1 unspecified atom stereocenters. The van der Waals surface area contributed by atoms with E-state index in [2.05, 4.69) is 10.6 Å². The number of hydrogen-bond acceptors (Lipinski definition) is 4. The number of carbonyl (C=O) groups excluding carboxylic acids is 2. The van der Waals surface area contributed by atoms with E-state index in [0.29, 0.717) is 19.6 Å². The van der Waals surface area contributed by atoms with Gasteiger partial charge in [0.25, 0.3) is 0 Å². The van der Waals surface area contributed by atoms with Gasteiger partial charge >= 0.3 is 5.97 Å². The van der Waals surface area contributed by atoms with Crippen LogP contribution in [0, 0.1) is 5.92 Å². The Labute approximate surface area is 92.1 Å². The van der Waals surface area contributed by atoms with Gasteiger partial charge in [0.1, 0.15) is 6.54 Å². The molecule has 2 amide bonds. The van der Waals surface area contributed by atoms with Crippen LogP contribution in [0.25, 0.3) is 0 Å². The Morgan fingerprint density at radius 2 is 2.00 bits per heavy atom. The van der Waals surface area contributed by atoms with Crippen molar-refractivity contribution in [3.8, 4) is 0 Å². The van der Waals surface area contributed by atoms with Crippen LogP contribution in [0.15, 0.2) is 0 Å². The van der Waals surface area contributed by atoms with Gasteiger partial charge in [-0.1, -0.05) is 0 Å². The van der Waals surface area contributed by atoms with Crippen molar-refractivity contribution < 1.29 is 24.2 Å². The van der Waals surface area contributed by atoms with E-state index >= 15 is 0 Å². The molecule has 0 radical (unpaired) electrons. The quantitative estimate of drug-likeness (QED) is 0.524. The maximum Gasteiger partial charge on any atom is 0.322 e. The SMILES string of the molecule is O=C(O)CNC(=O)CNC(=O)C1CCOC1. The summed E-state index contributed by atoms with van der Waals surface area (Å²) in [6, 6.07) is 0. The van der Waals surface area contributed by atoms with Crippen LogP contribution in [-0.4, -0.2) is 49.2 Å². The summed E-state index contributed by atoms with van der Waals surface area (Å²) >= 11 is 0. The topological polar surface area (TPSA) is 105 Å². The van der Waals surface area contributed by atoms with Gasteiger partial charge < -0.3 is 20.5 Å². The first-order chi connectivity index (χ1) is 7.59. The molecule has 90 valence electrons.